The Bertz CT molecular complexity index is 886. The van der Waals surface area contributed by atoms with Crippen LogP contribution in [0, 0.1) is 0 Å². The zero-order valence-electron chi connectivity index (χ0n) is 17.8. The number of likely N-dealkylation sites (tertiary alicyclic amines) is 1. The molecule has 0 spiro atoms. The van der Waals surface area contributed by atoms with Gasteiger partial charge in [-0.15, -0.1) is 0 Å². The van der Waals surface area contributed by atoms with E-state index in [0.29, 0.717) is 32.1 Å². The van der Waals surface area contributed by atoms with Crippen molar-refractivity contribution in [2.45, 2.75) is 51.2 Å². The zero-order chi connectivity index (χ0) is 21.3. The smallest absolute Gasteiger partial charge is 0.411 e. The molecule has 4 rings (SSSR count). The molecule has 0 saturated carbocycles. The van der Waals surface area contributed by atoms with Crippen LogP contribution in [0.25, 0.3) is 11.1 Å². The largest absolute Gasteiger partial charge is 0.444 e. The quantitative estimate of drug-likeness (QED) is 0.749. The van der Waals surface area contributed by atoms with Gasteiger partial charge in [-0.3, -0.25) is 9.69 Å². The minimum absolute atomic E-state index is 0.0367. The van der Waals surface area contributed by atoms with Gasteiger partial charge in [-0.05, 0) is 45.7 Å². The minimum Gasteiger partial charge on any atom is -0.444 e. The van der Waals surface area contributed by atoms with Crippen molar-refractivity contribution in [3.63, 3.8) is 0 Å². The van der Waals surface area contributed by atoms with Crippen molar-refractivity contribution in [3.05, 3.63) is 30.2 Å². The molecule has 3 heterocycles. The van der Waals surface area contributed by atoms with Gasteiger partial charge in [0.2, 0.25) is 5.91 Å². The number of nitrogens with zero attached hydrogens (tertiary/aromatic N) is 3. The molecule has 2 aliphatic rings. The summed E-state index contributed by atoms with van der Waals surface area (Å²) in [7, 11) is 0. The van der Waals surface area contributed by atoms with Gasteiger partial charge in [-0.25, -0.2) is 9.78 Å². The summed E-state index contributed by atoms with van der Waals surface area (Å²) in [6.07, 6.45) is 1.29. The molecule has 0 radical (unpaired) electrons. The monoisotopic (exact) mass is 415 g/mol. The Kier molecular flexibility index (Phi) is 5.69. The molecule has 2 aliphatic heterocycles. The molecule has 2 aromatic rings. The van der Waals surface area contributed by atoms with E-state index in [4.69, 9.17) is 13.9 Å². The lowest BCUT2D eigenvalue weighted by atomic mass is 9.97. The number of hydrogen-bond acceptors (Lipinski definition) is 6. The molecule has 30 heavy (non-hydrogen) atoms. The number of amides is 2. The Labute approximate surface area is 176 Å². The van der Waals surface area contributed by atoms with E-state index in [-0.39, 0.29) is 18.4 Å². The van der Waals surface area contributed by atoms with E-state index >= 15 is 0 Å². The summed E-state index contributed by atoms with van der Waals surface area (Å²) in [5.74, 6) is 0.591. The molecule has 1 aromatic heterocycles. The fourth-order valence-electron chi connectivity index (χ4n) is 4.00. The van der Waals surface area contributed by atoms with Crippen molar-refractivity contribution < 1.29 is 23.5 Å². The fourth-order valence-corrected chi connectivity index (χ4v) is 4.00. The molecule has 1 aromatic carbocycles. The maximum Gasteiger partial charge on any atom is 0.411 e. The third-order valence-corrected chi connectivity index (χ3v) is 5.43. The van der Waals surface area contributed by atoms with Gasteiger partial charge in [-0.1, -0.05) is 12.1 Å². The van der Waals surface area contributed by atoms with E-state index in [1.807, 2.05) is 45.0 Å². The number of oxazole rings is 1. The zero-order valence-corrected chi connectivity index (χ0v) is 17.8. The van der Waals surface area contributed by atoms with Crippen molar-refractivity contribution in [2.75, 3.05) is 32.8 Å². The number of para-hydroxylation sites is 2. The number of hydrogen-bond donors (Lipinski definition) is 0. The predicted molar refractivity (Wildman–Crippen MR) is 110 cm³/mol. The average molecular weight is 415 g/mol. The third kappa shape index (κ3) is 4.43. The lowest BCUT2D eigenvalue weighted by Crippen LogP contribution is -2.58. The van der Waals surface area contributed by atoms with Gasteiger partial charge in [0.25, 0.3) is 0 Å². The van der Waals surface area contributed by atoms with E-state index in [1.165, 1.54) is 4.90 Å². The summed E-state index contributed by atoms with van der Waals surface area (Å²) in [6, 6.07) is 7.00. The highest BCUT2D eigenvalue weighted by Crippen LogP contribution is 2.30. The Balaban J connectivity index is 1.47. The van der Waals surface area contributed by atoms with Crippen molar-refractivity contribution in [2.24, 2.45) is 0 Å². The summed E-state index contributed by atoms with van der Waals surface area (Å²) in [5.41, 5.74) is 0.965. The van der Waals surface area contributed by atoms with E-state index < -0.39 is 17.7 Å². The Morgan fingerprint density at radius 2 is 2.00 bits per heavy atom. The molecule has 162 valence electrons. The second-order valence-corrected chi connectivity index (χ2v) is 8.91. The van der Waals surface area contributed by atoms with Crippen LogP contribution in [-0.4, -0.2) is 71.3 Å². The van der Waals surface area contributed by atoms with Crippen molar-refractivity contribution in [1.29, 1.82) is 0 Å². The van der Waals surface area contributed by atoms with E-state index in [9.17, 15) is 9.59 Å². The molecular formula is C22H29N3O5. The van der Waals surface area contributed by atoms with Gasteiger partial charge >= 0.3 is 6.09 Å². The summed E-state index contributed by atoms with van der Waals surface area (Å²) < 4.78 is 17.0. The molecule has 8 heteroatoms. The van der Waals surface area contributed by atoms with Crippen LogP contribution < -0.4 is 0 Å². The van der Waals surface area contributed by atoms with Crippen LogP contribution in [0.15, 0.2) is 28.7 Å². The standard InChI is InChI=1S/C22H29N3O5/c1-22(2,3)30-21(27)25-11-12-28-14-17(25)20(26)24-10-6-7-15(13-24)19-23-16-8-4-5-9-18(16)29-19/h4-5,8-9,15,17H,6-7,10-14H2,1-3H3/t15-,17+/m1/s1. The maximum atomic E-state index is 13.3. The van der Waals surface area contributed by atoms with Gasteiger partial charge in [0, 0.05) is 19.6 Å². The number of piperidine rings is 1. The number of carbonyl (C=O) groups excluding carboxylic acids is 2. The summed E-state index contributed by atoms with van der Waals surface area (Å²) >= 11 is 0. The lowest BCUT2D eigenvalue weighted by Gasteiger charge is -2.40. The number of aromatic nitrogens is 1. The number of benzene rings is 1. The molecule has 2 saturated heterocycles. The number of rotatable bonds is 2. The highest BCUT2D eigenvalue weighted by molar-refractivity contribution is 5.86. The first kappa shape index (κ1) is 20.7. The van der Waals surface area contributed by atoms with Gasteiger partial charge in [-0.2, -0.15) is 0 Å². The Morgan fingerprint density at radius 3 is 2.77 bits per heavy atom. The molecule has 0 N–H and O–H groups in total. The highest BCUT2D eigenvalue weighted by atomic mass is 16.6. The second-order valence-electron chi connectivity index (χ2n) is 8.91. The maximum absolute atomic E-state index is 13.3. The van der Waals surface area contributed by atoms with Gasteiger partial charge in [0.1, 0.15) is 17.2 Å². The lowest BCUT2D eigenvalue weighted by molar-refractivity contribution is -0.144. The first-order chi connectivity index (χ1) is 14.3. The van der Waals surface area contributed by atoms with Gasteiger partial charge in [0.15, 0.2) is 11.5 Å². The normalized spacial score (nSPS) is 22.9. The molecule has 0 unspecified atom stereocenters. The van der Waals surface area contributed by atoms with Crippen LogP contribution in [0.1, 0.15) is 45.4 Å². The van der Waals surface area contributed by atoms with Crippen molar-refractivity contribution >= 4 is 23.1 Å². The van der Waals surface area contributed by atoms with Crippen LogP contribution in [0.4, 0.5) is 4.79 Å². The second kappa shape index (κ2) is 8.26. The Hall–Kier alpha value is -2.61. The van der Waals surface area contributed by atoms with Crippen molar-refractivity contribution in [3.8, 4) is 0 Å². The fraction of sp³-hybridized carbons (Fsp3) is 0.591. The molecule has 0 bridgehead atoms. The SMILES string of the molecule is CC(C)(C)OC(=O)N1CCOC[C@H]1C(=O)N1CCC[C@@H](c2nc3ccccc3o2)C1. The van der Waals surface area contributed by atoms with E-state index in [0.717, 1.165) is 23.9 Å². The molecule has 2 atom stereocenters. The topological polar surface area (TPSA) is 85.1 Å². The van der Waals surface area contributed by atoms with Crippen LogP contribution in [0.5, 0.6) is 0 Å². The van der Waals surface area contributed by atoms with Crippen LogP contribution >= 0.6 is 0 Å². The van der Waals surface area contributed by atoms with Gasteiger partial charge < -0.3 is 18.8 Å². The molecule has 2 amide bonds. The van der Waals surface area contributed by atoms with Crippen LogP contribution in [0.3, 0.4) is 0 Å². The molecule has 2 fully saturated rings. The number of morpholine rings is 1. The summed E-state index contributed by atoms with van der Waals surface area (Å²) in [4.78, 5) is 33.9. The number of fused-ring (bicyclic) bond motifs is 1. The highest BCUT2D eigenvalue weighted by Gasteiger charge is 2.39. The van der Waals surface area contributed by atoms with Crippen LogP contribution in [-0.2, 0) is 14.3 Å². The Morgan fingerprint density at radius 1 is 1.20 bits per heavy atom. The predicted octanol–water partition coefficient (Wildman–Crippen LogP) is 3.17. The molecular weight excluding hydrogens is 386 g/mol. The molecule has 8 nitrogen and oxygen atoms in total. The van der Waals surface area contributed by atoms with E-state index in [2.05, 4.69) is 4.98 Å². The number of carbonyl (C=O) groups is 2. The van der Waals surface area contributed by atoms with Crippen molar-refractivity contribution in [1.82, 2.24) is 14.8 Å². The minimum atomic E-state index is -0.670. The van der Waals surface area contributed by atoms with Gasteiger partial charge in [0.05, 0.1) is 19.1 Å². The summed E-state index contributed by atoms with van der Waals surface area (Å²) in [5, 5.41) is 0. The first-order valence-electron chi connectivity index (χ1n) is 10.5. The first-order valence-corrected chi connectivity index (χ1v) is 10.5. The van der Waals surface area contributed by atoms with Crippen LogP contribution in [0.2, 0.25) is 0 Å². The number of ether oxygens (including phenoxy) is 2. The average Bonchev–Trinajstić information content (AvgIpc) is 3.16. The third-order valence-electron chi connectivity index (χ3n) is 5.43. The summed E-state index contributed by atoms with van der Waals surface area (Å²) in [6.45, 7) is 7.54. The molecule has 0 aliphatic carbocycles. The van der Waals surface area contributed by atoms with E-state index in [1.54, 1.807) is 4.90 Å².